The molecule has 2 N–H and O–H groups in total. The van der Waals surface area contributed by atoms with Gasteiger partial charge in [0, 0.05) is 16.3 Å². The summed E-state index contributed by atoms with van der Waals surface area (Å²) in [4.78, 5) is 23.1. The van der Waals surface area contributed by atoms with Crippen LogP contribution in [-0.4, -0.2) is 11.8 Å². The van der Waals surface area contributed by atoms with Crippen LogP contribution in [0.15, 0.2) is 42.5 Å². The second kappa shape index (κ2) is 6.37. The lowest BCUT2D eigenvalue weighted by atomic mass is 10.1. The number of carbonyl (C=O) groups is 2. The van der Waals surface area contributed by atoms with Gasteiger partial charge in [-0.05, 0) is 37.3 Å². The van der Waals surface area contributed by atoms with Crippen LogP contribution in [0.3, 0.4) is 0 Å². The maximum atomic E-state index is 13.5. The highest BCUT2D eigenvalue weighted by Crippen LogP contribution is 2.19. The Balaban J connectivity index is 2.08. The smallest absolute Gasteiger partial charge is 0.308 e. The highest BCUT2D eigenvalue weighted by molar-refractivity contribution is 6.30. The number of amides is 2. The summed E-state index contributed by atoms with van der Waals surface area (Å²) in [7, 11) is 0. The van der Waals surface area contributed by atoms with Crippen molar-refractivity contribution in [1.29, 1.82) is 0 Å². The molecule has 21 heavy (non-hydrogen) atoms. The van der Waals surface area contributed by atoms with Crippen LogP contribution in [0.2, 0.25) is 5.02 Å². The van der Waals surface area contributed by atoms with Crippen LogP contribution >= 0.6 is 11.6 Å². The lowest BCUT2D eigenvalue weighted by Crippen LogP contribution is -2.20. The van der Waals surface area contributed by atoms with Crippen molar-refractivity contribution in [3.05, 3.63) is 58.9 Å². The minimum Gasteiger partial charge on any atom is -0.308 e. The summed E-state index contributed by atoms with van der Waals surface area (Å²) >= 11 is 5.63. The zero-order valence-corrected chi connectivity index (χ0v) is 11.9. The molecule has 0 heterocycles. The topological polar surface area (TPSA) is 58.2 Å². The van der Waals surface area contributed by atoms with E-state index in [4.69, 9.17) is 11.6 Å². The van der Waals surface area contributed by atoms with Crippen molar-refractivity contribution in [2.45, 2.75) is 6.92 Å². The zero-order chi connectivity index (χ0) is 15.4. The van der Waals surface area contributed by atoms with Gasteiger partial charge in [0.2, 0.25) is 0 Å². The molecule has 0 saturated carbocycles. The van der Waals surface area contributed by atoms with Crippen LogP contribution in [-0.2, 0) is 0 Å². The summed E-state index contributed by atoms with van der Waals surface area (Å²) in [6, 6.07) is 9.79. The van der Waals surface area contributed by atoms with Gasteiger partial charge in [-0.2, -0.15) is 0 Å². The van der Waals surface area contributed by atoms with Crippen molar-refractivity contribution in [2.75, 3.05) is 10.6 Å². The number of carbonyl (C=O) groups excluding carboxylic acids is 2. The van der Waals surface area contributed by atoms with Gasteiger partial charge in [0.15, 0.2) is 5.78 Å². The number of benzene rings is 2. The van der Waals surface area contributed by atoms with Gasteiger partial charge in [-0.1, -0.05) is 23.7 Å². The normalized spacial score (nSPS) is 10.0. The average Bonchev–Trinajstić information content (AvgIpc) is 2.42. The lowest BCUT2D eigenvalue weighted by Gasteiger charge is -2.09. The summed E-state index contributed by atoms with van der Waals surface area (Å²) in [5, 5.41) is 5.13. The largest absolute Gasteiger partial charge is 0.323 e. The van der Waals surface area contributed by atoms with Gasteiger partial charge in [0.25, 0.3) is 0 Å². The first-order valence-electron chi connectivity index (χ1n) is 6.10. The minimum atomic E-state index is -0.630. The Morgan fingerprint density at radius 3 is 2.52 bits per heavy atom. The van der Waals surface area contributed by atoms with E-state index in [0.717, 1.165) is 6.07 Å². The molecule has 2 aromatic carbocycles. The van der Waals surface area contributed by atoms with Crippen LogP contribution in [0.1, 0.15) is 17.3 Å². The lowest BCUT2D eigenvalue weighted by molar-refractivity contribution is 0.101. The fourth-order valence-electron chi connectivity index (χ4n) is 1.69. The van der Waals surface area contributed by atoms with E-state index < -0.39 is 11.8 Å². The SMILES string of the molecule is CC(=O)c1cccc(NC(=O)Nc2ccc(Cl)cc2F)c1. The molecule has 0 aliphatic carbocycles. The molecule has 0 saturated heterocycles. The van der Waals surface area contributed by atoms with Crippen LogP contribution < -0.4 is 10.6 Å². The summed E-state index contributed by atoms with van der Waals surface area (Å²) in [6.45, 7) is 1.43. The molecule has 0 aliphatic heterocycles. The van der Waals surface area contributed by atoms with E-state index in [1.807, 2.05) is 0 Å². The maximum Gasteiger partial charge on any atom is 0.323 e. The van der Waals surface area contributed by atoms with Crippen molar-refractivity contribution in [3.8, 4) is 0 Å². The third-order valence-corrected chi connectivity index (χ3v) is 2.94. The first kappa shape index (κ1) is 15.0. The summed E-state index contributed by atoms with van der Waals surface area (Å²) in [6.07, 6.45) is 0. The van der Waals surface area contributed by atoms with Crippen molar-refractivity contribution >= 4 is 34.8 Å². The Labute approximate surface area is 125 Å². The number of nitrogens with one attached hydrogen (secondary N) is 2. The molecule has 6 heteroatoms. The molecule has 0 unspecified atom stereocenters. The molecule has 2 aromatic rings. The summed E-state index contributed by atoms with van der Waals surface area (Å²) in [5.41, 5.74) is 0.930. The van der Waals surface area contributed by atoms with E-state index in [1.54, 1.807) is 24.3 Å². The molecular weight excluding hydrogens is 295 g/mol. The summed E-state index contributed by atoms with van der Waals surface area (Å²) in [5.74, 6) is -0.738. The Hall–Kier alpha value is -2.40. The Bertz CT molecular complexity index is 704. The minimum absolute atomic E-state index is 0.0135. The fraction of sp³-hybridized carbons (Fsp3) is 0.0667. The number of Topliss-reactive ketones (excluding diaryl/α,β-unsaturated/α-hetero) is 1. The summed E-state index contributed by atoms with van der Waals surface area (Å²) < 4.78 is 13.5. The standard InChI is InChI=1S/C15H12ClFN2O2/c1-9(20)10-3-2-4-12(7-10)18-15(21)19-14-6-5-11(16)8-13(14)17/h2-8H,1H3,(H2,18,19,21). The number of ketones is 1. The average molecular weight is 307 g/mol. The molecule has 0 spiro atoms. The molecule has 0 bridgehead atoms. The van der Waals surface area contributed by atoms with E-state index >= 15 is 0 Å². The second-order valence-electron chi connectivity index (χ2n) is 4.34. The predicted octanol–water partition coefficient (Wildman–Crippen LogP) is 4.33. The number of hydrogen-bond donors (Lipinski definition) is 2. The van der Waals surface area contributed by atoms with Gasteiger partial charge in [0.05, 0.1) is 5.69 Å². The highest BCUT2D eigenvalue weighted by Gasteiger charge is 2.08. The number of anilines is 2. The van der Waals surface area contributed by atoms with Gasteiger partial charge in [-0.25, -0.2) is 9.18 Å². The van der Waals surface area contributed by atoms with Crippen molar-refractivity contribution in [1.82, 2.24) is 0 Å². The number of urea groups is 1. The van der Waals surface area contributed by atoms with Crippen LogP contribution in [0.4, 0.5) is 20.6 Å². The van der Waals surface area contributed by atoms with Gasteiger partial charge >= 0.3 is 6.03 Å². The highest BCUT2D eigenvalue weighted by atomic mass is 35.5. The second-order valence-corrected chi connectivity index (χ2v) is 4.78. The Morgan fingerprint density at radius 2 is 1.86 bits per heavy atom. The molecule has 2 amide bonds. The third-order valence-electron chi connectivity index (χ3n) is 2.71. The van der Waals surface area contributed by atoms with Gasteiger partial charge < -0.3 is 10.6 Å². The van der Waals surface area contributed by atoms with Crippen LogP contribution in [0.5, 0.6) is 0 Å². The van der Waals surface area contributed by atoms with Gasteiger partial charge in [-0.15, -0.1) is 0 Å². The van der Waals surface area contributed by atoms with Crippen molar-refractivity contribution in [2.24, 2.45) is 0 Å². The first-order valence-corrected chi connectivity index (χ1v) is 6.47. The van der Waals surface area contributed by atoms with E-state index in [9.17, 15) is 14.0 Å². The van der Waals surface area contributed by atoms with E-state index in [1.165, 1.54) is 19.1 Å². The van der Waals surface area contributed by atoms with E-state index in [2.05, 4.69) is 10.6 Å². The molecule has 0 aromatic heterocycles. The Kier molecular flexibility index (Phi) is 4.55. The zero-order valence-electron chi connectivity index (χ0n) is 11.1. The van der Waals surface area contributed by atoms with Crippen LogP contribution in [0, 0.1) is 5.82 Å². The van der Waals surface area contributed by atoms with Gasteiger partial charge in [0.1, 0.15) is 5.82 Å². The predicted molar refractivity (Wildman–Crippen MR) is 80.5 cm³/mol. The molecule has 108 valence electrons. The number of rotatable bonds is 3. The molecule has 0 radical (unpaired) electrons. The molecule has 2 rings (SSSR count). The van der Waals surface area contributed by atoms with Crippen molar-refractivity contribution < 1.29 is 14.0 Å². The van der Waals surface area contributed by atoms with Gasteiger partial charge in [-0.3, -0.25) is 4.79 Å². The first-order chi connectivity index (χ1) is 9.95. The molecular formula is C15H12ClFN2O2. The van der Waals surface area contributed by atoms with E-state index in [0.29, 0.717) is 11.3 Å². The molecule has 4 nitrogen and oxygen atoms in total. The number of hydrogen-bond acceptors (Lipinski definition) is 2. The van der Waals surface area contributed by atoms with E-state index in [-0.39, 0.29) is 16.5 Å². The molecule has 0 atom stereocenters. The fourth-order valence-corrected chi connectivity index (χ4v) is 1.85. The quantitative estimate of drug-likeness (QED) is 0.829. The maximum absolute atomic E-state index is 13.5. The van der Waals surface area contributed by atoms with Crippen molar-refractivity contribution in [3.63, 3.8) is 0 Å². The monoisotopic (exact) mass is 306 g/mol. The third kappa shape index (κ3) is 4.03. The Morgan fingerprint density at radius 1 is 1.10 bits per heavy atom. The molecule has 0 fully saturated rings. The number of halogens is 2. The molecule has 0 aliphatic rings. The van der Waals surface area contributed by atoms with Crippen LogP contribution in [0.25, 0.3) is 0 Å².